The third-order valence-corrected chi connectivity index (χ3v) is 3.85. The number of benzene rings is 2. The van der Waals surface area contributed by atoms with Crippen LogP contribution in [0.15, 0.2) is 49.1 Å². The van der Waals surface area contributed by atoms with Gasteiger partial charge in [0.05, 0.1) is 10.0 Å². The van der Waals surface area contributed by atoms with Gasteiger partial charge < -0.3 is 0 Å². The molecule has 0 amide bonds. The summed E-state index contributed by atoms with van der Waals surface area (Å²) in [6.07, 6.45) is 2.29. The van der Waals surface area contributed by atoms with Crippen molar-refractivity contribution in [1.29, 1.82) is 0 Å². The van der Waals surface area contributed by atoms with Gasteiger partial charge in [-0.1, -0.05) is 23.2 Å². The number of aromatic nitrogens is 3. The van der Waals surface area contributed by atoms with Gasteiger partial charge >= 0.3 is 0 Å². The molecule has 2 aromatic carbocycles. The van der Waals surface area contributed by atoms with Gasteiger partial charge in [0.1, 0.15) is 24.3 Å². The molecule has 1 heterocycles. The maximum absolute atomic E-state index is 15.0. The number of halogens is 5. The minimum absolute atomic E-state index is 0.0272. The summed E-state index contributed by atoms with van der Waals surface area (Å²) in [5.41, 5.74) is 0.301. The zero-order valence-corrected chi connectivity index (χ0v) is 13.4. The predicted octanol–water partition coefficient (Wildman–Crippen LogP) is 5.21. The molecule has 0 N–H and O–H groups in total. The molecule has 3 nitrogen and oxygen atoms in total. The zero-order valence-electron chi connectivity index (χ0n) is 11.9. The summed E-state index contributed by atoms with van der Waals surface area (Å²) < 4.78 is 42.5. The molecule has 1 aromatic heterocycles. The maximum atomic E-state index is 15.0. The zero-order chi connectivity index (χ0) is 17.3. The lowest BCUT2D eigenvalue weighted by Crippen LogP contribution is -2.01. The van der Waals surface area contributed by atoms with Gasteiger partial charge in [-0.05, 0) is 36.4 Å². The smallest absolute Gasteiger partial charge is 0.223 e. The fraction of sp³-hybridized carbons (Fsp3) is 0. The Kier molecular flexibility index (Phi) is 4.59. The van der Waals surface area contributed by atoms with E-state index in [-0.39, 0.29) is 26.7 Å². The van der Waals surface area contributed by atoms with Crippen molar-refractivity contribution in [3.05, 3.63) is 81.9 Å². The first-order valence-electron chi connectivity index (χ1n) is 6.63. The van der Waals surface area contributed by atoms with E-state index in [0.717, 1.165) is 41.6 Å². The molecule has 24 heavy (non-hydrogen) atoms. The first kappa shape index (κ1) is 16.5. The summed E-state index contributed by atoms with van der Waals surface area (Å²) in [6, 6.07) is 6.97. The van der Waals surface area contributed by atoms with Crippen LogP contribution in [0, 0.1) is 11.6 Å². The highest BCUT2D eigenvalue weighted by Crippen LogP contribution is 2.37. The summed E-state index contributed by atoms with van der Waals surface area (Å²) in [4.78, 5) is 3.68. The van der Waals surface area contributed by atoms with Crippen LogP contribution in [-0.2, 0) is 0 Å². The van der Waals surface area contributed by atoms with Crippen LogP contribution in [0.1, 0.15) is 11.1 Å². The molecule has 8 heteroatoms. The fourth-order valence-electron chi connectivity index (χ4n) is 2.18. The number of hydrogen-bond donors (Lipinski definition) is 0. The van der Waals surface area contributed by atoms with Crippen molar-refractivity contribution in [2.45, 2.75) is 0 Å². The van der Waals surface area contributed by atoms with Crippen molar-refractivity contribution >= 4 is 34.7 Å². The highest BCUT2D eigenvalue weighted by Gasteiger charge is 2.20. The Morgan fingerprint density at radius 2 is 1.46 bits per heavy atom. The second-order valence-electron chi connectivity index (χ2n) is 4.75. The Hall–Kier alpha value is -2.31. The van der Waals surface area contributed by atoms with Crippen molar-refractivity contribution in [2.24, 2.45) is 0 Å². The van der Waals surface area contributed by atoms with Crippen LogP contribution in [-0.4, -0.2) is 14.8 Å². The van der Waals surface area contributed by atoms with Crippen molar-refractivity contribution in [3.63, 3.8) is 0 Å². The largest absolute Gasteiger partial charge is 0.224 e. The van der Waals surface area contributed by atoms with Crippen molar-refractivity contribution in [2.75, 3.05) is 0 Å². The molecule has 0 bridgehead atoms. The van der Waals surface area contributed by atoms with Crippen LogP contribution in [0.2, 0.25) is 10.0 Å². The first-order chi connectivity index (χ1) is 11.5. The van der Waals surface area contributed by atoms with Crippen molar-refractivity contribution in [3.8, 4) is 0 Å². The maximum Gasteiger partial charge on any atom is 0.224 e. The summed E-state index contributed by atoms with van der Waals surface area (Å²) >= 11 is 12.1. The molecular formula is C16H8Cl2F3N3. The topological polar surface area (TPSA) is 30.7 Å². The van der Waals surface area contributed by atoms with Gasteiger partial charge in [0.25, 0.3) is 0 Å². The molecule has 3 aromatic rings. The Bertz CT molecular complexity index is 871. The summed E-state index contributed by atoms with van der Waals surface area (Å²) in [7, 11) is 0. The minimum atomic E-state index is -0.838. The molecule has 0 saturated heterocycles. The van der Waals surface area contributed by atoms with E-state index in [4.69, 9.17) is 23.2 Å². The second-order valence-corrected chi connectivity index (χ2v) is 5.57. The average molecular weight is 370 g/mol. The van der Waals surface area contributed by atoms with Crippen molar-refractivity contribution < 1.29 is 13.2 Å². The standard InChI is InChI=1S/C16H8Cl2F3N3/c17-13-5-9(19)1-3-11(13)15(16(21)24-8-22-7-23-24)12-4-2-10(20)6-14(12)18/h1-8H. The number of hydrogen-bond acceptors (Lipinski definition) is 2. The van der Waals surface area contributed by atoms with E-state index >= 15 is 4.39 Å². The van der Waals surface area contributed by atoms with Crippen LogP contribution in [0.5, 0.6) is 0 Å². The Labute approximate surface area is 145 Å². The van der Waals surface area contributed by atoms with E-state index in [1.54, 1.807) is 0 Å². The molecule has 0 atom stereocenters. The average Bonchev–Trinajstić information content (AvgIpc) is 3.05. The Morgan fingerprint density at radius 1 is 0.917 bits per heavy atom. The molecule has 0 aliphatic carbocycles. The molecule has 0 spiro atoms. The SMILES string of the molecule is FC(=C(c1ccc(F)cc1Cl)c1ccc(F)cc1Cl)n1cncn1. The molecule has 0 fully saturated rings. The third kappa shape index (κ3) is 3.16. The summed E-state index contributed by atoms with van der Waals surface area (Å²) in [5, 5.41) is 3.67. The lowest BCUT2D eigenvalue weighted by molar-refractivity contribution is 0.627. The summed E-state index contributed by atoms with van der Waals surface area (Å²) in [6.45, 7) is 0. The fourth-order valence-corrected chi connectivity index (χ4v) is 2.70. The monoisotopic (exact) mass is 369 g/mol. The number of nitrogens with zero attached hydrogens (tertiary/aromatic N) is 3. The molecular weight excluding hydrogens is 362 g/mol. The second kappa shape index (κ2) is 6.67. The first-order valence-corrected chi connectivity index (χ1v) is 7.38. The Balaban J connectivity index is 2.31. The van der Waals surface area contributed by atoms with Gasteiger partial charge in [0.15, 0.2) is 0 Å². The van der Waals surface area contributed by atoms with Crippen LogP contribution >= 0.6 is 23.2 Å². The van der Waals surface area contributed by atoms with Gasteiger partial charge in [0, 0.05) is 16.7 Å². The van der Waals surface area contributed by atoms with Gasteiger partial charge in [-0.15, -0.1) is 0 Å². The van der Waals surface area contributed by atoms with Crippen LogP contribution < -0.4 is 0 Å². The van der Waals surface area contributed by atoms with Crippen LogP contribution in [0.4, 0.5) is 13.2 Å². The molecule has 0 unspecified atom stereocenters. The molecule has 0 aliphatic heterocycles. The van der Waals surface area contributed by atoms with E-state index in [9.17, 15) is 8.78 Å². The lowest BCUT2D eigenvalue weighted by atomic mass is 9.98. The normalized spacial score (nSPS) is 10.7. The van der Waals surface area contributed by atoms with E-state index < -0.39 is 17.6 Å². The van der Waals surface area contributed by atoms with E-state index in [1.807, 2.05) is 0 Å². The molecule has 0 aliphatic rings. The van der Waals surface area contributed by atoms with Gasteiger partial charge in [0.2, 0.25) is 5.95 Å². The summed E-state index contributed by atoms with van der Waals surface area (Å²) in [5.74, 6) is -1.99. The van der Waals surface area contributed by atoms with Gasteiger partial charge in [-0.25, -0.2) is 13.8 Å². The van der Waals surface area contributed by atoms with Crippen molar-refractivity contribution in [1.82, 2.24) is 14.8 Å². The van der Waals surface area contributed by atoms with Gasteiger partial charge in [-0.2, -0.15) is 14.2 Å². The number of rotatable bonds is 3. The molecule has 0 radical (unpaired) electrons. The van der Waals surface area contributed by atoms with Gasteiger partial charge in [-0.3, -0.25) is 0 Å². The minimum Gasteiger partial charge on any atom is -0.223 e. The Morgan fingerprint density at radius 3 is 1.88 bits per heavy atom. The lowest BCUT2D eigenvalue weighted by Gasteiger charge is -2.14. The molecule has 3 rings (SSSR count). The van der Waals surface area contributed by atoms with E-state index in [2.05, 4.69) is 10.1 Å². The van der Waals surface area contributed by atoms with Crippen LogP contribution in [0.3, 0.4) is 0 Å². The molecule has 122 valence electrons. The highest BCUT2D eigenvalue weighted by molar-refractivity contribution is 6.35. The predicted molar refractivity (Wildman–Crippen MR) is 86.2 cm³/mol. The quantitative estimate of drug-likeness (QED) is 0.634. The highest BCUT2D eigenvalue weighted by atomic mass is 35.5. The third-order valence-electron chi connectivity index (χ3n) is 3.23. The van der Waals surface area contributed by atoms with Crippen LogP contribution in [0.25, 0.3) is 11.5 Å². The molecule has 0 saturated carbocycles. The van der Waals surface area contributed by atoms with E-state index in [0.29, 0.717) is 0 Å². The van der Waals surface area contributed by atoms with E-state index in [1.165, 1.54) is 12.1 Å².